The topological polar surface area (TPSA) is 70.8 Å². The summed E-state index contributed by atoms with van der Waals surface area (Å²) in [5, 5.41) is 0.714. The lowest BCUT2D eigenvalue weighted by Gasteiger charge is -2.40. The fourth-order valence-corrected chi connectivity index (χ4v) is 3.04. The average Bonchev–Trinajstić information content (AvgIpc) is 2.55. The number of nitrogens with two attached hydrogens (primary N) is 1. The van der Waals surface area contributed by atoms with Gasteiger partial charge in [0.05, 0.1) is 19.3 Å². The van der Waals surface area contributed by atoms with Crippen LogP contribution in [0.25, 0.3) is 0 Å². The van der Waals surface area contributed by atoms with Gasteiger partial charge < -0.3 is 19.9 Å². The van der Waals surface area contributed by atoms with Crippen molar-refractivity contribution in [2.75, 3.05) is 20.3 Å². The minimum absolute atomic E-state index is 0.148. The largest absolute Gasteiger partial charge is 0.456 e. The van der Waals surface area contributed by atoms with Crippen molar-refractivity contribution < 1.29 is 19.0 Å². The Morgan fingerprint density at radius 3 is 2.65 bits per heavy atom. The van der Waals surface area contributed by atoms with E-state index >= 15 is 0 Å². The van der Waals surface area contributed by atoms with E-state index in [1.807, 2.05) is 31.2 Å². The summed E-state index contributed by atoms with van der Waals surface area (Å²) in [7, 11) is 1.63. The number of halogens is 1. The third kappa shape index (κ3) is 4.91. The first kappa shape index (κ1) is 18.2. The van der Waals surface area contributed by atoms with Crippen LogP contribution in [-0.2, 0) is 25.4 Å². The zero-order valence-electron chi connectivity index (χ0n) is 13.5. The second kappa shape index (κ2) is 8.64. The molecule has 2 N–H and O–H groups in total. The number of methoxy groups -OCH3 is 1. The van der Waals surface area contributed by atoms with Crippen molar-refractivity contribution in [3.8, 4) is 0 Å². The van der Waals surface area contributed by atoms with Gasteiger partial charge in [0.1, 0.15) is 6.10 Å². The molecule has 1 aromatic carbocycles. The quantitative estimate of drug-likeness (QED) is 0.803. The SMILES string of the molecule is CO[C@@H]1[C@H](OC(=O)CN)[C@H](CCc2ccc(Cl)cc2)OC[C@@H]1C. The number of hydrogen-bond donors (Lipinski definition) is 1. The standard InChI is InChI=1S/C17H24ClNO4/c1-11-10-22-14(8-5-12-3-6-13(18)7-4-12)17(16(11)21-2)23-15(20)9-19/h3-4,6-7,11,14,16-17H,5,8-10,19H2,1-2H3/t11-,14-,16-,17+/m0/s1. The molecular weight excluding hydrogens is 318 g/mol. The fraction of sp³-hybridized carbons (Fsp3) is 0.588. The van der Waals surface area contributed by atoms with Crippen LogP contribution in [0.2, 0.25) is 5.02 Å². The molecule has 1 saturated heterocycles. The Kier molecular flexibility index (Phi) is 6.84. The molecule has 1 fully saturated rings. The number of aryl methyl sites for hydroxylation is 1. The molecule has 0 radical (unpaired) electrons. The molecular formula is C17H24ClNO4. The van der Waals surface area contributed by atoms with E-state index in [-0.39, 0.29) is 24.7 Å². The van der Waals surface area contributed by atoms with E-state index in [1.54, 1.807) is 7.11 Å². The van der Waals surface area contributed by atoms with E-state index in [0.29, 0.717) is 11.6 Å². The Morgan fingerprint density at radius 2 is 2.04 bits per heavy atom. The maximum absolute atomic E-state index is 11.6. The van der Waals surface area contributed by atoms with Crippen molar-refractivity contribution in [2.24, 2.45) is 11.7 Å². The van der Waals surface area contributed by atoms with Gasteiger partial charge in [0.25, 0.3) is 0 Å². The van der Waals surface area contributed by atoms with Gasteiger partial charge in [-0.1, -0.05) is 30.7 Å². The summed E-state index contributed by atoms with van der Waals surface area (Å²) in [4.78, 5) is 11.6. The molecule has 1 heterocycles. The van der Waals surface area contributed by atoms with Gasteiger partial charge in [-0.25, -0.2) is 0 Å². The van der Waals surface area contributed by atoms with Gasteiger partial charge in [0, 0.05) is 18.1 Å². The first-order valence-corrected chi connectivity index (χ1v) is 8.21. The van der Waals surface area contributed by atoms with Crippen LogP contribution in [-0.4, -0.2) is 44.5 Å². The van der Waals surface area contributed by atoms with Gasteiger partial charge in [-0.3, -0.25) is 4.79 Å². The van der Waals surface area contributed by atoms with Crippen LogP contribution >= 0.6 is 11.6 Å². The molecule has 6 heteroatoms. The fourth-order valence-electron chi connectivity index (χ4n) is 2.92. The minimum atomic E-state index is -0.439. The van der Waals surface area contributed by atoms with Crippen molar-refractivity contribution in [3.05, 3.63) is 34.9 Å². The Morgan fingerprint density at radius 1 is 1.35 bits per heavy atom. The Bertz CT molecular complexity index is 508. The summed E-state index contributed by atoms with van der Waals surface area (Å²) < 4.78 is 16.9. The predicted octanol–water partition coefficient (Wildman–Crippen LogP) is 2.19. The molecule has 23 heavy (non-hydrogen) atoms. The Balaban J connectivity index is 2.03. The highest BCUT2D eigenvalue weighted by molar-refractivity contribution is 6.30. The number of benzene rings is 1. The van der Waals surface area contributed by atoms with Gasteiger partial charge in [-0.05, 0) is 30.5 Å². The highest BCUT2D eigenvalue weighted by Crippen LogP contribution is 2.28. The van der Waals surface area contributed by atoms with Crippen LogP contribution in [0.3, 0.4) is 0 Å². The normalized spacial score (nSPS) is 27.7. The van der Waals surface area contributed by atoms with Crippen LogP contribution in [0.1, 0.15) is 18.9 Å². The molecule has 0 amide bonds. The summed E-state index contributed by atoms with van der Waals surface area (Å²) in [6, 6.07) is 7.71. The summed E-state index contributed by atoms with van der Waals surface area (Å²) in [5.74, 6) is -0.284. The second-order valence-electron chi connectivity index (χ2n) is 5.87. The number of carbonyl (C=O) groups excluding carboxylic acids is 1. The van der Waals surface area contributed by atoms with Crippen molar-refractivity contribution >= 4 is 17.6 Å². The molecule has 1 aliphatic rings. The molecule has 2 rings (SSSR count). The lowest BCUT2D eigenvalue weighted by Crippen LogP contribution is -2.52. The maximum Gasteiger partial charge on any atom is 0.320 e. The van der Waals surface area contributed by atoms with Crippen LogP contribution in [0, 0.1) is 5.92 Å². The molecule has 4 atom stereocenters. The number of rotatable bonds is 6. The Labute approximate surface area is 142 Å². The van der Waals surface area contributed by atoms with E-state index in [1.165, 1.54) is 0 Å². The smallest absolute Gasteiger partial charge is 0.320 e. The molecule has 5 nitrogen and oxygen atoms in total. The van der Waals surface area contributed by atoms with Gasteiger partial charge in [0.15, 0.2) is 6.10 Å². The number of carbonyl (C=O) groups is 1. The molecule has 0 saturated carbocycles. The van der Waals surface area contributed by atoms with Crippen molar-refractivity contribution in [3.63, 3.8) is 0 Å². The first-order chi connectivity index (χ1) is 11.0. The van der Waals surface area contributed by atoms with E-state index in [2.05, 4.69) is 0 Å². The lowest BCUT2D eigenvalue weighted by atomic mass is 9.90. The molecule has 0 aliphatic carbocycles. The molecule has 1 aliphatic heterocycles. The van der Waals surface area contributed by atoms with Gasteiger partial charge in [-0.15, -0.1) is 0 Å². The van der Waals surface area contributed by atoms with E-state index in [9.17, 15) is 4.79 Å². The summed E-state index contributed by atoms with van der Waals surface area (Å²) in [6.45, 7) is 2.46. The summed E-state index contributed by atoms with van der Waals surface area (Å²) in [6.07, 6.45) is 0.712. The van der Waals surface area contributed by atoms with E-state index in [0.717, 1.165) is 18.4 Å². The van der Waals surface area contributed by atoms with Crippen LogP contribution < -0.4 is 5.73 Å². The summed E-state index contributed by atoms with van der Waals surface area (Å²) in [5.41, 5.74) is 6.53. The van der Waals surface area contributed by atoms with Gasteiger partial charge in [-0.2, -0.15) is 0 Å². The molecule has 0 unspecified atom stereocenters. The predicted molar refractivity (Wildman–Crippen MR) is 88.4 cm³/mol. The molecule has 128 valence electrons. The number of ether oxygens (including phenoxy) is 3. The minimum Gasteiger partial charge on any atom is -0.456 e. The van der Waals surface area contributed by atoms with Crippen molar-refractivity contribution in [1.29, 1.82) is 0 Å². The van der Waals surface area contributed by atoms with Crippen molar-refractivity contribution in [1.82, 2.24) is 0 Å². The number of hydrogen-bond acceptors (Lipinski definition) is 5. The van der Waals surface area contributed by atoms with Crippen molar-refractivity contribution in [2.45, 2.75) is 38.1 Å². The molecule has 1 aromatic rings. The lowest BCUT2D eigenvalue weighted by molar-refractivity contribution is -0.198. The average molecular weight is 342 g/mol. The van der Waals surface area contributed by atoms with Gasteiger partial charge >= 0.3 is 5.97 Å². The Hall–Kier alpha value is -1.14. The highest BCUT2D eigenvalue weighted by Gasteiger charge is 2.41. The number of esters is 1. The first-order valence-electron chi connectivity index (χ1n) is 7.83. The van der Waals surface area contributed by atoms with Crippen LogP contribution in [0.4, 0.5) is 0 Å². The zero-order chi connectivity index (χ0) is 16.8. The van der Waals surface area contributed by atoms with E-state index in [4.69, 9.17) is 31.5 Å². The second-order valence-corrected chi connectivity index (χ2v) is 6.31. The highest BCUT2D eigenvalue weighted by atomic mass is 35.5. The molecule has 0 bridgehead atoms. The summed E-state index contributed by atoms with van der Waals surface area (Å²) >= 11 is 5.90. The van der Waals surface area contributed by atoms with Gasteiger partial charge in [0.2, 0.25) is 0 Å². The maximum atomic E-state index is 11.6. The van der Waals surface area contributed by atoms with Crippen LogP contribution in [0.5, 0.6) is 0 Å². The molecule has 0 spiro atoms. The zero-order valence-corrected chi connectivity index (χ0v) is 14.3. The monoisotopic (exact) mass is 341 g/mol. The van der Waals surface area contributed by atoms with E-state index < -0.39 is 12.1 Å². The molecule has 0 aromatic heterocycles. The third-order valence-electron chi connectivity index (χ3n) is 4.16. The van der Waals surface area contributed by atoms with Crippen LogP contribution in [0.15, 0.2) is 24.3 Å². The third-order valence-corrected chi connectivity index (χ3v) is 4.41.